The summed E-state index contributed by atoms with van der Waals surface area (Å²) in [6.07, 6.45) is 4.76. The lowest BCUT2D eigenvalue weighted by atomic mass is 10.1. The smallest absolute Gasteiger partial charge is 0.345 e. The molecule has 3 rings (SSSR count). The van der Waals surface area contributed by atoms with Crippen LogP contribution in [0.5, 0.6) is 0 Å². The minimum atomic E-state index is -0.0362. The van der Waals surface area contributed by atoms with Crippen LogP contribution < -0.4 is 11.0 Å². The van der Waals surface area contributed by atoms with Crippen molar-refractivity contribution >= 4 is 6.03 Å². The molecule has 140 valence electrons. The number of hydrogen-bond donors (Lipinski definition) is 1. The first-order chi connectivity index (χ1) is 12.2. The molecule has 1 saturated heterocycles. The summed E-state index contributed by atoms with van der Waals surface area (Å²) in [6.45, 7) is 6.84. The molecule has 2 aliphatic rings. The Morgan fingerprint density at radius 2 is 2.32 bits per heavy atom. The summed E-state index contributed by atoms with van der Waals surface area (Å²) < 4.78 is 8.70. The maximum Gasteiger partial charge on any atom is 0.345 e. The van der Waals surface area contributed by atoms with Crippen molar-refractivity contribution in [2.24, 2.45) is 5.92 Å². The number of nitrogens with one attached hydrogen (secondary N) is 1. The summed E-state index contributed by atoms with van der Waals surface area (Å²) >= 11 is 0. The van der Waals surface area contributed by atoms with Gasteiger partial charge in [-0.1, -0.05) is 0 Å². The van der Waals surface area contributed by atoms with Crippen molar-refractivity contribution in [1.82, 2.24) is 24.6 Å². The SMILES string of the molecule is CCN(CC1CCOC1)C(=O)NCCCn1nc2n(c1=O)CCCC2. The summed E-state index contributed by atoms with van der Waals surface area (Å²) in [6, 6.07) is -0.0362. The standard InChI is InChI=1S/C17H29N5O3/c1-2-20(12-14-7-11-25-13-14)16(23)18-8-5-10-22-17(24)21-9-4-3-6-15(21)19-22/h14H,2-13H2,1H3,(H,18,23). The van der Waals surface area contributed by atoms with E-state index in [1.54, 1.807) is 9.25 Å². The molecular weight excluding hydrogens is 322 g/mol. The second-order valence-corrected chi connectivity index (χ2v) is 6.88. The summed E-state index contributed by atoms with van der Waals surface area (Å²) in [7, 11) is 0. The number of carbonyl (C=O) groups excluding carboxylic acids is 1. The molecule has 2 amide bonds. The molecule has 25 heavy (non-hydrogen) atoms. The molecule has 1 unspecified atom stereocenters. The average Bonchev–Trinajstić information content (AvgIpc) is 3.25. The van der Waals surface area contributed by atoms with Crippen LogP contribution >= 0.6 is 0 Å². The largest absolute Gasteiger partial charge is 0.381 e. The second kappa shape index (κ2) is 8.51. The van der Waals surface area contributed by atoms with Crippen molar-refractivity contribution in [2.75, 3.05) is 32.8 Å². The quantitative estimate of drug-likeness (QED) is 0.738. The van der Waals surface area contributed by atoms with Gasteiger partial charge in [0.1, 0.15) is 5.82 Å². The lowest BCUT2D eigenvalue weighted by molar-refractivity contribution is 0.166. The highest BCUT2D eigenvalue weighted by molar-refractivity contribution is 5.74. The highest BCUT2D eigenvalue weighted by atomic mass is 16.5. The third kappa shape index (κ3) is 4.42. The zero-order valence-electron chi connectivity index (χ0n) is 15.1. The van der Waals surface area contributed by atoms with E-state index in [0.717, 1.165) is 57.8 Å². The fraction of sp³-hybridized carbons (Fsp3) is 0.824. The molecule has 0 saturated carbocycles. The van der Waals surface area contributed by atoms with E-state index in [1.807, 2.05) is 11.8 Å². The van der Waals surface area contributed by atoms with Gasteiger partial charge in [0.05, 0.1) is 6.61 Å². The van der Waals surface area contributed by atoms with Crippen molar-refractivity contribution < 1.29 is 9.53 Å². The number of nitrogens with zero attached hydrogens (tertiary/aromatic N) is 4. The molecule has 1 aromatic heterocycles. The second-order valence-electron chi connectivity index (χ2n) is 6.88. The van der Waals surface area contributed by atoms with Crippen LogP contribution in [0.2, 0.25) is 0 Å². The van der Waals surface area contributed by atoms with E-state index >= 15 is 0 Å². The van der Waals surface area contributed by atoms with Gasteiger partial charge in [0.15, 0.2) is 0 Å². The zero-order valence-corrected chi connectivity index (χ0v) is 15.1. The minimum Gasteiger partial charge on any atom is -0.381 e. The highest BCUT2D eigenvalue weighted by Gasteiger charge is 2.21. The van der Waals surface area contributed by atoms with Crippen LogP contribution in [0, 0.1) is 5.92 Å². The molecule has 1 N–H and O–H groups in total. The van der Waals surface area contributed by atoms with E-state index in [0.29, 0.717) is 32.0 Å². The fourth-order valence-corrected chi connectivity index (χ4v) is 3.52. The maximum atomic E-state index is 12.3. The van der Waals surface area contributed by atoms with Gasteiger partial charge in [-0.25, -0.2) is 14.3 Å². The molecule has 0 spiro atoms. The first-order valence-corrected chi connectivity index (χ1v) is 9.46. The normalized spacial score (nSPS) is 19.6. The lowest BCUT2D eigenvalue weighted by Gasteiger charge is -2.24. The topological polar surface area (TPSA) is 81.4 Å². The maximum absolute atomic E-state index is 12.3. The Bertz CT molecular complexity index is 633. The van der Waals surface area contributed by atoms with Gasteiger partial charge in [-0.2, -0.15) is 5.10 Å². The van der Waals surface area contributed by atoms with Gasteiger partial charge in [-0.3, -0.25) is 4.57 Å². The molecule has 1 aromatic rings. The van der Waals surface area contributed by atoms with Gasteiger partial charge in [0.25, 0.3) is 0 Å². The van der Waals surface area contributed by atoms with Gasteiger partial charge in [-0.05, 0) is 32.6 Å². The van der Waals surface area contributed by atoms with Gasteiger partial charge < -0.3 is 15.0 Å². The van der Waals surface area contributed by atoms with Gasteiger partial charge in [0.2, 0.25) is 0 Å². The van der Waals surface area contributed by atoms with Crippen LogP contribution in [0.3, 0.4) is 0 Å². The number of hydrogen-bond acceptors (Lipinski definition) is 4. The number of urea groups is 1. The van der Waals surface area contributed by atoms with Crippen LogP contribution in [-0.2, 0) is 24.2 Å². The lowest BCUT2D eigenvalue weighted by Crippen LogP contribution is -2.43. The Morgan fingerprint density at radius 3 is 3.04 bits per heavy atom. The van der Waals surface area contributed by atoms with Crippen molar-refractivity contribution in [3.8, 4) is 0 Å². The summed E-state index contributed by atoms with van der Waals surface area (Å²) in [5.74, 6) is 1.34. The van der Waals surface area contributed by atoms with E-state index in [-0.39, 0.29) is 11.7 Å². The van der Waals surface area contributed by atoms with Gasteiger partial charge in [0, 0.05) is 51.7 Å². The minimum absolute atomic E-state index is 0.0163. The third-order valence-electron chi connectivity index (χ3n) is 5.03. The Labute approximate surface area is 148 Å². The van der Waals surface area contributed by atoms with E-state index in [9.17, 15) is 9.59 Å². The first kappa shape index (κ1) is 18.0. The Morgan fingerprint density at radius 1 is 1.44 bits per heavy atom. The summed E-state index contributed by atoms with van der Waals surface area (Å²) in [4.78, 5) is 26.4. The van der Waals surface area contributed by atoms with Crippen LogP contribution in [0.1, 0.15) is 38.4 Å². The number of aromatic nitrogens is 3. The van der Waals surface area contributed by atoms with Crippen LogP contribution in [0.25, 0.3) is 0 Å². The number of ether oxygens (including phenoxy) is 1. The Hall–Kier alpha value is -1.83. The monoisotopic (exact) mass is 351 g/mol. The Kier molecular flexibility index (Phi) is 6.12. The number of rotatable bonds is 7. The zero-order chi connectivity index (χ0) is 17.6. The van der Waals surface area contributed by atoms with Crippen molar-refractivity contribution in [3.63, 3.8) is 0 Å². The molecule has 1 atom stereocenters. The summed E-state index contributed by atoms with van der Waals surface area (Å²) in [5.41, 5.74) is -0.0163. The molecule has 8 nitrogen and oxygen atoms in total. The number of aryl methyl sites for hydroxylation is 2. The predicted octanol–water partition coefficient (Wildman–Crippen LogP) is 0.839. The van der Waals surface area contributed by atoms with E-state index < -0.39 is 0 Å². The molecule has 8 heteroatoms. The van der Waals surface area contributed by atoms with E-state index in [1.165, 1.54) is 0 Å². The van der Waals surface area contributed by atoms with Crippen LogP contribution in [-0.4, -0.2) is 58.1 Å². The van der Waals surface area contributed by atoms with Crippen LogP contribution in [0.4, 0.5) is 4.79 Å². The predicted molar refractivity (Wildman–Crippen MR) is 93.6 cm³/mol. The van der Waals surface area contributed by atoms with Crippen LogP contribution in [0.15, 0.2) is 4.79 Å². The van der Waals surface area contributed by atoms with Crippen molar-refractivity contribution in [2.45, 2.75) is 52.1 Å². The molecule has 2 aliphatic heterocycles. The first-order valence-electron chi connectivity index (χ1n) is 9.46. The number of carbonyl (C=O) groups is 1. The van der Waals surface area contributed by atoms with Gasteiger partial charge in [-0.15, -0.1) is 0 Å². The summed E-state index contributed by atoms with van der Waals surface area (Å²) in [5, 5.41) is 7.37. The van der Waals surface area contributed by atoms with Gasteiger partial charge >= 0.3 is 11.7 Å². The molecule has 3 heterocycles. The molecule has 0 aromatic carbocycles. The number of fused-ring (bicyclic) bond motifs is 1. The molecule has 0 radical (unpaired) electrons. The molecule has 1 fully saturated rings. The van der Waals surface area contributed by atoms with E-state index in [2.05, 4.69) is 10.4 Å². The average molecular weight is 351 g/mol. The molecule has 0 bridgehead atoms. The third-order valence-corrected chi connectivity index (χ3v) is 5.03. The molecular formula is C17H29N5O3. The molecule has 0 aliphatic carbocycles. The Balaban J connectivity index is 1.42. The van der Waals surface area contributed by atoms with Crippen molar-refractivity contribution in [3.05, 3.63) is 16.3 Å². The fourth-order valence-electron chi connectivity index (χ4n) is 3.52. The highest BCUT2D eigenvalue weighted by Crippen LogP contribution is 2.14. The number of amides is 2. The van der Waals surface area contributed by atoms with E-state index in [4.69, 9.17) is 4.74 Å². The van der Waals surface area contributed by atoms with Crippen molar-refractivity contribution in [1.29, 1.82) is 0 Å².